The van der Waals surface area contributed by atoms with Crippen molar-refractivity contribution in [1.82, 2.24) is 0 Å². The molecule has 0 spiro atoms. The SMILES string of the molecule is CC1(C)c2ccccc2-c2ccc(-c3ccc(N(c4ccc(-c5cccc6c5ccc5ccccc56)cc4)c4ccccc4-c4cccc5cccc(-c6ccccc6)c45)cc3)cc21. The standard InChI is InChI=1S/C63H45N/c1-63(2)59-27-10-8-21-55(59)56-40-34-47(41-60(56)63)42-29-35-48(36-30-42)64(49-37-31-45(32-38-49)51-23-14-25-53-50-20-7-6-17-44(50)33-39-54(51)53)61-28-11-9-22-57(61)58-26-13-19-46-18-12-24-52(62(46)58)43-15-4-3-5-16-43/h3-41H,1-2H3. The molecule has 1 nitrogen and oxygen atoms in total. The van der Waals surface area contributed by atoms with Crippen molar-refractivity contribution in [2.45, 2.75) is 19.3 Å². The molecular weight excluding hydrogens is 771 g/mol. The maximum Gasteiger partial charge on any atom is 0.0540 e. The Bertz CT molecular complexity index is 3560. The molecule has 302 valence electrons. The van der Waals surface area contributed by atoms with Gasteiger partial charge in [-0.15, -0.1) is 0 Å². The predicted molar refractivity (Wildman–Crippen MR) is 273 cm³/mol. The Kier molecular flexibility index (Phi) is 8.91. The van der Waals surface area contributed by atoms with E-state index < -0.39 is 0 Å². The van der Waals surface area contributed by atoms with Crippen molar-refractivity contribution in [3.05, 3.63) is 248 Å². The van der Waals surface area contributed by atoms with Gasteiger partial charge in [-0.3, -0.25) is 0 Å². The van der Waals surface area contributed by atoms with Crippen LogP contribution in [0.25, 0.3) is 88.0 Å². The van der Waals surface area contributed by atoms with Gasteiger partial charge in [-0.1, -0.05) is 214 Å². The van der Waals surface area contributed by atoms with E-state index in [0.717, 1.165) is 17.1 Å². The van der Waals surface area contributed by atoms with Crippen LogP contribution in [0.5, 0.6) is 0 Å². The van der Waals surface area contributed by atoms with E-state index >= 15 is 0 Å². The summed E-state index contributed by atoms with van der Waals surface area (Å²) in [6.07, 6.45) is 0. The summed E-state index contributed by atoms with van der Waals surface area (Å²) in [5.41, 5.74) is 18.4. The van der Waals surface area contributed by atoms with Gasteiger partial charge in [0.15, 0.2) is 0 Å². The van der Waals surface area contributed by atoms with Crippen LogP contribution >= 0.6 is 0 Å². The highest BCUT2D eigenvalue weighted by atomic mass is 15.1. The maximum atomic E-state index is 2.44. The highest BCUT2D eigenvalue weighted by Gasteiger charge is 2.35. The Balaban J connectivity index is 1.00. The molecule has 1 aliphatic rings. The van der Waals surface area contributed by atoms with Crippen molar-refractivity contribution in [3.8, 4) is 55.6 Å². The second-order valence-corrected chi connectivity index (χ2v) is 17.6. The number of hydrogen-bond acceptors (Lipinski definition) is 1. The first kappa shape index (κ1) is 37.7. The minimum atomic E-state index is -0.0592. The van der Waals surface area contributed by atoms with Gasteiger partial charge in [-0.2, -0.15) is 0 Å². The van der Waals surface area contributed by atoms with Crippen molar-refractivity contribution in [3.63, 3.8) is 0 Å². The molecule has 0 atom stereocenters. The molecule has 11 aromatic rings. The first-order valence-corrected chi connectivity index (χ1v) is 22.3. The molecule has 0 radical (unpaired) electrons. The van der Waals surface area contributed by atoms with Crippen LogP contribution in [-0.2, 0) is 5.41 Å². The number of hydrogen-bond donors (Lipinski definition) is 0. The van der Waals surface area contributed by atoms with Gasteiger partial charge in [-0.05, 0) is 130 Å². The van der Waals surface area contributed by atoms with Gasteiger partial charge in [-0.25, -0.2) is 0 Å². The lowest BCUT2D eigenvalue weighted by molar-refractivity contribution is 0.660. The fraction of sp³-hybridized carbons (Fsp3) is 0.0476. The minimum absolute atomic E-state index is 0.0592. The van der Waals surface area contributed by atoms with E-state index in [2.05, 4.69) is 255 Å². The van der Waals surface area contributed by atoms with E-state index in [9.17, 15) is 0 Å². The molecule has 0 amide bonds. The average Bonchev–Trinajstić information content (AvgIpc) is 3.59. The fourth-order valence-electron chi connectivity index (χ4n) is 10.5. The van der Waals surface area contributed by atoms with Crippen molar-refractivity contribution in [1.29, 1.82) is 0 Å². The van der Waals surface area contributed by atoms with Crippen LogP contribution in [0.2, 0.25) is 0 Å². The van der Waals surface area contributed by atoms with Gasteiger partial charge >= 0.3 is 0 Å². The molecule has 1 aliphatic carbocycles. The molecule has 64 heavy (non-hydrogen) atoms. The highest BCUT2D eigenvalue weighted by molar-refractivity contribution is 6.12. The molecule has 0 aliphatic heterocycles. The summed E-state index contributed by atoms with van der Waals surface area (Å²) < 4.78 is 0. The number of rotatable bonds is 7. The van der Waals surface area contributed by atoms with Crippen LogP contribution in [-0.4, -0.2) is 0 Å². The molecule has 0 unspecified atom stereocenters. The largest absolute Gasteiger partial charge is 0.310 e. The number of nitrogens with zero attached hydrogens (tertiary/aromatic N) is 1. The Labute approximate surface area is 375 Å². The van der Waals surface area contributed by atoms with Gasteiger partial charge in [0.1, 0.15) is 0 Å². The Morgan fingerprint density at radius 1 is 0.297 bits per heavy atom. The zero-order valence-corrected chi connectivity index (χ0v) is 36.0. The van der Waals surface area contributed by atoms with Crippen molar-refractivity contribution < 1.29 is 0 Å². The third-order valence-corrected chi connectivity index (χ3v) is 13.7. The first-order chi connectivity index (χ1) is 31.5. The third-order valence-electron chi connectivity index (χ3n) is 13.7. The first-order valence-electron chi connectivity index (χ1n) is 22.3. The molecule has 0 saturated carbocycles. The van der Waals surface area contributed by atoms with E-state index in [1.165, 1.54) is 99.1 Å². The zero-order valence-electron chi connectivity index (χ0n) is 36.0. The molecule has 0 N–H and O–H groups in total. The molecular formula is C63H45N. The van der Waals surface area contributed by atoms with E-state index in [4.69, 9.17) is 0 Å². The van der Waals surface area contributed by atoms with Crippen molar-refractivity contribution in [2.24, 2.45) is 0 Å². The van der Waals surface area contributed by atoms with Crippen LogP contribution in [0.3, 0.4) is 0 Å². The summed E-state index contributed by atoms with van der Waals surface area (Å²) in [4.78, 5) is 2.44. The lowest BCUT2D eigenvalue weighted by atomic mass is 9.81. The summed E-state index contributed by atoms with van der Waals surface area (Å²) in [6.45, 7) is 4.71. The van der Waals surface area contributed by atoms with Crippen LogP contribution in [0, 0.1) is 0 Å². The molecule has 11 aromatic carbocycles. The summed E-state index contributed by atoms with van der Waals surface area (Å²) in [6, 6.07) is 87.2. The number of para-hydroxylation sites is 1. The van der Waals surface area contributed by atoms with E-state index in [1.54, 1.807) is 0 Å². The second-order valence-electron chi connectivity index (χ2n) is 17.6. The average molecular weight is 816 g/mol. The van der Waals surface area contributed by atoms with Gasteiger partial charge in [0.2, 0.25) is 0 Å². The minimum Gasteiger partial charge on any atom is -0.310 e. The summed E-state index contributed by atoms with van der Waals surface area (Å²) in [5, 5.41) is 7.54. The molecule has 0 saturated heterocycles. The smallest absolute Gasteiger partial charge is 0.0540 e. The number of anilines is 3. The van der Waals surface area contributed by atoms with Gasteiger partial charge in [0.25, 0.3) is 0 Å². The van der Waals surface area contributed by atoms with Crippen LogP contribution in [0.1, 0.15) is 25.0 Å². The van der Waals surface area contributed by atoms with Crippen molar-refractivity contribution in [2.75, 3.05) is 4.90 Å². The van der Waals surface area contributed by atoms with Crippen LogP contribution < -0.4 is 4.90 Å². The molecule has 0 fully saturated rings. The van der Waals surface area contributed by atoms with Gasteiger partial charge < -0.3 is 4.90 Å². The second kappa shape index (κ2) is 15.1. The molecule has 0 heterocycles. The number of benzene rings is 11. The molecule has 0 bridgehead atoms. The monoisotopic (exact) mass is 815 g/mol. The molecule has 12 rings (SSSR count). The quantitative estimate of drug-likeness (QED) is 0.145. The van der Waals surface area contributed by atoms with E-state index in [0.29, 0.717) is 0 Å². The Morgan fingerprint density at radius 3 is 1.64 bits per heavy atom. The third kappa shape index (κ3) is 6.15. The van der Waals surface area contributed by atoms with E-state index in [-0.39, 0.29) is 5.41 Å². The zero-order chi connectivity index (χ0) is 42.8. The van der Waals surface area contributed by atoms with Gasteiger partial charge in [0.05, 0.1) is 5.69 Å². The lowest BCUT2D eigenvalue weighted by Crippen LogP contribution is -2.14. The topological polar surface area (TPSA) is 3.24 Å². The fourth-order valence-corrected chi connectivity index (χ4v) is 10.5. The normalized spacial score (nSPS) is 12.7. The number of fused-ring (bicyclic) bond motifs is 7. The lowest BCUT2D eigenvalue weighted by Gasteiger charge is -2.29. The molecule has 1 heteroatoms. The van der Waals surface area contributed by atoms with Gasteiger partial charge in [0, 0.05) is 22.4 Å². The maximum absolute atomic E-state index is 2.44. The van der Waals surface area contributed by atoms with Crippen molar-refractivity contribution >= 4 is 49.4 Å². The van der Waals surface area contributed by atoms with Crippen LogP contribution in [0.15, 0.2) is 237 Å². The van der Waals surface area contributed by atoms with E-state index in [1.807, 2.05) is 0 Å². The summed E-state index contributed by atoms with van der Waals surface area (Å²) in [7, 11) is 0. The predicted octanol–water partition coefficient (Wildman–Crippen LogP) is 17.6. The Hall–Kier alpha value is -8.00. The highest BCUT2D eigenvalue weighted by Crippen LogP contribution is 2.50. The van der Waals surface area contributed by atoms with Crippen LogP contribution in [0.4, 0.5) is 17.1 Å². The summed E-state index contributed by atoms with van der Waals surface area (Å²) in [5.74, 6) is 0. The molecule has 0 aromatic heterocycles. The summed E-state index contributed by atoms with van der Waals surface area (Å²) >= 11 is 0. The Morgan fingerprint density at radius 2 is 0.844 bits per heavy atom.